The Morgan fingerprint density at radius 2 is 2.00 bits per heavy atom. The zero-order valence-electron chi connectivity index (χ0n) is 23.3. The van der Waals surface area contributed by atoms with Gasteiger partial charge in [-0.05, 0) is 63.5 Å². The van der Waals surface area contributed by atoms with Crippen molar-refractivity contribution < 1.29 is 19.0 Å². The molecule has 2 aromatic carbocycles. The van der Waals surface area contributed by atoms with Crippen molar-refractivity contribution in [2.75, 3.05) is 44.5 Å². The van der Waals surface area contributed by atoms with Crippen molar-refractivity contribution in [3.8, 4) is 11.5 Å². The molecule has 2 N–H and O–H groups in total. The molecule has 210 valence electrons. The van der Waals surface area contributed by atoms with Crippen LogP contribution in [0, 0.1) is 0 Å². The lowest BCUT2D eigenvalue weighted by atomic mass is 10.1. The highest BCUT2D eigenvalue weighted by atomic mass is 16.5. The zero-order chi connectivity index (χ0) is 28.7. The largest absolute Gasteiger partial charge is 0.486 e. The summed E-state index contributed by atoms with van der Waals surface area (Å²) in [6.07, 6.45) is 12.0. The van der Waals surface area contributed by atoms with E-state index in [1.807, 2.05) is 31.2 Å². The molecule has 1 aromatic heterocycles. The van der Waals surface area contributed by atoms with Gasteiger partial charge >= 0.3 is 0 Å². The fourth-order valence-corrected chi connectivity index (χ4v) is 3.70. The summed E-state index contributed by atoms with van der Waals surface area (Å²) in [5, 5.41) is 6.74. The predicted molar refractivity (Wildman–Crippen MR) is 161 cm³/mol. The van der Waals surface area contributed by atoms with E-state index in [9.17, 15) is 4.79 Å². The number of nitrogens with zero attached hydrogens (tertiary/aromatic N) is 3. The monoisotopic (exact) mass is 543 g/mol. The average Bonchev–Trinajstić information content (AvgIpc) is 3.47. The molecule has 2 heterocycles. The summed E-state index contributed by atoms with van der Waals surface area (Å²) in [7, 11) is 4.11. The van der Waals surface area contributed by atoms with Crippen LogP contribution in [0.15, 0.2) is 92.0 Å². The maximum atomic E-state index is 11.2. The number of hydrogen-bond donors (Lipinski definition) is 2. The molecule has 0 saturated carbocycles. The number of nitrogens with one attached hydrogen (secondary N) is 2. The summed E-state index contributed by atoms with van der Waals surface area (Å²) in [4.78, 5) is 22.1. The molecule has 0 bridgehead atoms. The van der Waals surface area contributed by atoms with Crippen LogP contribution in [0.5, 0.6) is 11.5 Å². The van der Waals surface area contributed by atoms with Crippen LogP contribution in [0.4, 0.5) is 17.2 Å². The molecule has 1 aliphatic rings. The van der Waals surface area contributed by atoms with Crippen LogP contribution < -0.4 is 20.1 Å². The minimum Gasteiger partial charge on any atom is -0.486 e. The Morgan fingerprint density at radius 1 is 1.20 bits per heavy atom. The third-order valence-corrected chi connectivity index (χ3v) is 5.67. The van der Waals surface area contributed by atoms with Crippen LogP contribution in [0.25, 0.3) is 10.9 Å². The third kappa shape index (κ3) is 9.07. The number of carbonyl (C=O) groups excluding carboxylic acids is 1. The van der Waals surface area contributed by atoms with Gasteiger partial charge in [-0.1, -0.05) is 31.4 Å². The number of ether oxygens (including phenoxy) is 3. The highest BCUT2D eigenvalue weighted by Gasteiger charge is 2.20. The normalized spacial score (nSPS) is 14.9. The molecule has 9 heteroatoms. The van der Waals surface area contributed by atoms with Gasteiger partial charge in [-0.2, -0.15) is 0 Å². The molecule has 40 heavy (non-hydrogen) atoms. The number of benzene rings is 2. The van der Waals surface area contributed by atoms with Gasteiger partial charge in [0.25, 0.3) is 0 Å². The fraction of sp³-hybridized carbons (Fsp3) is 0.258. The second-order valence-electron chi connectivity index (χ2n) is 9.05. The summed E-state index contributed by atoms with van der Waals surface area (Å²) in [6.45, 7) is 11.6. The van der Waals surface area contributed by atoms with Gasteiger partial charge in [-0.3, -0.25) is 4.79 Å². The zero-order valence-corrected chi connectivity index (χ0v) is 23.3. The SMILES string of the molecule is C/C=C/CN(C)C.C=C/C=C(\C=C)Oc1ccc(Nc2ncnc3cc(OC4CCOC4)c(NC=O)cc23)cc1. The van der Waals surface area contributed by atoms with Crippen molar-refractivity contribution >= 4 is 34.5 Å². The first-order chi connectivity index (χ1) is 19.5. The van der Waals surface area contributed by atoms with Gasteiger partial charge in [0.05, 0.1) is 24.4 Å². The maximum Gasteiger partial charge on any atom is 0.211 e. The maximum absolute atomic E-state index is 11.2. The van der Waals surface area contributed by atoms with Crippen LogP contribution in [0.3, 0.4) is 0 Å². The number of rotatable bonds is 12. The third-order valence-electron chi connectivity index (χ3n) is 5.67. The van der Waals surface area contributed by atoms with E-state index in [2.05, 4.69) is 64.9 Å². The molecule has 1 fully saturated rings. The number of carbonyl (C=O) groups is 1. The van der Waals surface area contributed by atoms with Gasteiger partial charge in [0, 0.05) is 30.1 Å². The van der Waals surface area contributed by atoms with Crippen molar-refractivity contribution in [1.82, 2.24) is 14.9 Å². The number of likely N-dealkylation sites (N-methyl/N-ethyl adjacent to an activating group) is 1. The van der Waals surface area contributed by atoms with Crippen LogP contribution in [-0.2, 0) is 9.53 Å². The van der Waals surface area contributed by atoms with E-state index in [1.165, 1.54) is 6.33 Å². The van der Waals surface area contributed by atoms with Gasteiger partial charge in [0.1, 0.15) is 35.5 Å². The molecule has 4 rings (SSSR count). The van der Waals surface area contributed by atoms with E-state index in [4.69, 9.17) is 14.2 Å². The quantitative estimate of drug-likeness (QED) is 0.127. The number of aromatic nitrogens is 2. The van der Waals surface area contributed by atoms with Gasteiger partial charge in [-0.15, -0.1) is 0 Å². The first-order valence-electron chi connectivity index (χ1n) is 13.0. The highest BCUT2D eigenvalue weighted by Crippen LogP contribution is 2.34. The summed E-state index contributed by atoms with van der Waals surface area (Å²) >= 11 is 0. The van der Waals surface area contributed by atoms with Crippen molar-refractivity contribution in [2.24, 2.45) is 0 Å². The highest BCUT2D eigenvalue weighted by molar-refractivity contribution is 5.96. The number of hydrogen-bond acceptors (Lipinski definition) is 8. The van der Waals surface area contributed by atoms with Gasteiger partial charge in [-0.25, -0.2) is 9.97 Å². The molecule has 0 aliphatic carbocycles. The molecule has 1 saturated heterocycles. The summed E-state index contributed by atoms with van der Waals surface area (Å²) in [5.41, 5.74) is 2.03. The minimum atomic E-state index is -0.0576. The average molecular weight is 544 g/mol. The fourth-order valence-electron chi connectivity index (χ4n) is 3.70. The number of anilines is 3. The van der Waals surface area contributed by atoms with Crippen LogP contribution in [0.1, 0.15) is 13.3 Å². The Balaban J connectivity index is 0.000000559. The van der Waals surface area contributed by atoms with Crippen LogP contribution >= 0.6 is 0 Å². The molecular weight excluding hydrogens is 506 g/mol. The minimum absolute atomic E-state index is 0.0576. The van der Waals surface area contributed by atoms with Crippen LogP contribution in [-0.4, -0.2) is 61.2 Å². The Labute approximate surface area is 235 Å². The van der Waals surface area contributed by atoms with Gasteiger partial charge < -0.3 is 29.7 Å². The van der Waals surface area contributed by atoms with E-state index >= 15 is 0 Å². The van der Waals surface area contributed by atoms with E-state index in [0.717, 1.165) is 24.0 Å². The van der Waals surface area contributed by atoms with Gasteiger partial charge in [0.15, 0.2) is 0 Å². The second-order valence-corrected chi connectivity index (χ2v) is 9.05. The molecule has 1 unspecified atom stereocenters. The Bertz CT molecular complexity index is 1330. The standard InChI is InChI=1S/C25H24N4O4.C6H13N/c1-3-5-18(4-2)32-19-8-6-17(7-9-19)29-25-21-12-23(28-16-30)24(13-22(21)26-15-27-25)33-20-10-11-31-14-20;1-4-5-6-7(2)3/h3-9,12-13,15-16,20H,1-2,10-11,14H2,(H,28,30)(H,26,27,29);4-5H,6H2,1-3H3/b18-5+;5-4+. The molecule has 0 radical (unpaired) electrons. The molecule has 1 atom stereocenters. The van der Waals surface area contributed by atoms with Crippen molar-refractivity contribution in [3.05, 3.63) is 92.0 Å². The van der Waals surface area contributed by atoms with E-state index < -0.39 is 0 Å². The molecule has 3 aromatic rings. The first kappa shape index (κ1) is 30.1. The molecular formula is C31H37N5O4. The Hall–Kier alpha value is -4.47. The van der Waals surface area contributed by atoms with Gasteiger partial charge in [0.2, 0.25) is 6.41 Å². The lowest BCUT2D eigenvalue weighted by molar-refractivity contribution is -0.105. The molecule has 1 amide bonds. The van der Waals surface area contributed by atoms with Crippen molar-refractivity contribution in [2.45, 2.75) is 19.4 Å². The molecule has 0 spiro atoms. The Kier molecular flexibility index (Phi) is 11.9. The van der Waals surface area contributed by atoms with E-state index in [0.29, 0.717) is 53.9 Å². The number of fused-ring (bicyclic) bond motifs is 1. The number of allylic oxidation sites excluding steroid dienone is 4. The second kappa shape index (κ2) is 15.8. The van der Waals surface area contributed by atoms with Crippen LogP contribution in [0.2, 0.25) is 0 Å². The predicted octanol–water partition coefficient (Wildman–Crippen LogP) is 5.87. The van der Waals surface area contributed by atoms with Crippen molar-refractivity contribution in [3.63, 3.8) is 0 Å². The van der Waals surface area contributed by atoms with Crippen molar-refractivity contribution in [1.29, 1.82) is 0 Å². The molecule has 9 nitrogen and oxygen atoms in total. The smallest absolute Gasteiger partial charge is 0.211 e. The molecule has 1 aliphatic heterocycles. The lowest BCUT2D eigenvalue weighted by Gasteiger charge is -2.17. The Morgan fingerprint density at radius 3 is 2.60 bits per heavy atom. The first-order valence-corrected chi connectivity index (χ1v) is 13.0. The summed E-state index contributed by atoms with van der Waals surface area (Å²) in [5.74, 6) is 2.40. The summed E-state index contributed by atoms with van der Waals surface area (Å²) < 4.78 is 17.2. The van der Waals surface area contributed by atoms with E-state index in [1.54, 1.807) is 30.4 Å². The topological polar surface area (TPSA) is 97.8 Å². The number of amides is 1. The van der Waals surface area contributed by atoms with E-state index in [-0.39, 0.29) is 6.10 Å². The summed E-state index contributed by atoms with van der Waals surface area (Å²) in [6, 6.07) is 11.0. The lowest BCUT2D eigenvalue weighted by Crippen LogP contribution is -2.16.